The van der Waals surface area contributed by atoms with Gasteiger partial charge in [0, 0.05) is 18.3 Å². The summed E-state index contributed by atoms with van der Waals surface area (Å²) in [5, 5.41) is 0.774. The summed E-state index contributed by atoms with van der Waals surface area (Å²) < 4.78 is 51.5. The molecule has 0 radical (unpaired) electrons. The number of hydrogen-bond acceptors (Lipinski definition) is 7. The summed E-state index contributed by atoms with van der Waals surface area (Å²) in [7, 11) is 0. The van der Waals surface area contributed by atoms with Gasteiger partial charge in [-0.1, -0.05) is 0 Å². The second-order valence-electron chi connectivity index (χ2n) is 10.1. The molecule has 2 aromatic heterocycles. The Labute approximate surface area is 221 Å². The highest BCUT2D eigenvalue weighted by atomic mass is 19.4. The molecule has 0 unspecified atom stereocenters. The summed E-state index contributed by atoms with van der Waals surface area (Å²) in [6, 6.07) is 5.51. The van der Waals surface area contributed by atoms with Crippen molar-refractivity contribution in [2.75, 3.05) is 11.4 Å². The van der Waals surface area contributed by atoms with Gasteiger partial charge in [0.1, 0.15) is 24.7 Å². The van der Waals surface area contributed by atoms with Crippen LogP contribution >= 0.6 is 0 Å². The molecular formula is C27H26F3N5O4. The molecule has 3 aliphatic rings. The number of nitrogens with zero attached hydrogens (tertiary/aromatic N) is 5. The highest BCUT2D eigenvalue weighted by Gasteiger charge is 2.43. The molecule has 2 aliphatic carbocycles. The zero-order valence-electron chi connectivity index (χ0n) is 20.9. The first-order chi connectivity index (χ1) is 18.8. The summed E-state index contributed by atoms with van der Waals surface area (Å²) >= 11 is 0. The topological polar surface area (TPSA) is 97.8 Å². The Morgan fingerprint density at radius 3 is 2.38 bits per heavy atom. The van der Waals surface area contributed by atoms with Gasteiger partial charge in [-0.3, -0.25) is 19.6 Å². The van der Waals surface area contributed by atoms with Crippen LogP contribution in [0.25, 0.3) is 10.9 Å². The van der Waals surface area contributed by atoms with Crippen molar-refractivity contribution >= 4 is 28.5 Å². The number of amides is 3. The van der Waals surface area contributed by atoms with Crippen LogP contribution in [0.4, 0.5) is 23.7 Å². The zero-order chi connectivity index (χ0) is 27.1. The van der Waals surface area contributed by atoms with Gasteiger partial charge in [-0.15, -0.1) is 0 Å². The number of fused-ring (bicyclic) bond motifs is 1. The second-order valence-corrected chi connectivity index (χ2v) is 10.1. The van der Waals surface area contributed by atoms with Crippen LogP contribution in [0.5, 0.6) is 11.6 Å². The lowest BCUT2D eigenvalue weighted by Crippen LogP contribution is -2.44. The Morgan fingerprint density at radius 1 is 0.897 bits per heavy atom. The number of carbonyl (C=O) groups is 2. The van der Waals surface area contributed by atoms with Gasteiger partial charge >= 0.3 is 12.2 Å². The number of rotatable bonds is 6. The van der Waals surface area contributed by atoms with Crippen LogP contribution in [-0.4, -0.2) is 56.6 Å². The molecular weight excluding hydrogens is 515 g/mol. The van der Waals surface area contributed by atoms with Gasteiger partial charge in [-0.25, -0.2) is 14.8 Å². The molecule has 1 aromatic carbocycles. The summed E-state index contributed by atoms with van der Waals surface area (Å²) in [4.78, 5) is 40.3. The Balaban J connectivity index is 1.09. The molecule has 1 saturated heterocycles. The average Bonchev–Trinajstić information content (AvgIpc) is 3.20. The fraction of sp³-hybridized carbons (Fsp3) is 0.444. The van der Waals surface area contributed by atoms with Crippen molar-refractivity contribution < 1.29 is 32.2 Å². The average molecular weight is 542 g/mol. The van der Waals surface area contributed by atoms with E-state index in [0.29, 0.717) is 37.8 Å². The van der Waals surface area contributed by atoms with E-state index in [-0.39, 0.29) is 30.5 Å². The molecule has 12 heteroatoms. The molecule has 1 aliphatic heterocycles. The molecule has 0 atom stereocenters. The van der Waals surface area contributed by atoms with Crippen molar-refractivity contribution in [3.05, 3.63) is 48.5 Å². The number of halogens is 3. The van der Waals surface area contributed by atoms with Crippen LogP contribution in [0.15, 0.2) is 43.0 Å². The number of urea groups is 1. The van der Waals surface area contributed by atoms with Crippen molar-refractivity contribution in [1.29, 1.82) is 0 Å². The van der Waals surface area contributed by atoms with Crippen LogP contribution in [0.2, 0.25) is 0 Å². The Hall–Kier alpha value is -3.96. The Bertz CT molecular complexity index is 1410. The van der Waals surface area contributed by atoms with Gasteiger partial charge in [-0.05, 0) is 63.1 Å². The fourth-order valence-electron chi connectivity index (χ4n) is 5.25. The van der Waals surface area contributed by atoms with Crippen molar-refractivity contribution in [2.45, 2.75) is 69.4 Å². The fourth-order valence-corrected chi connectivity index (χ4v) is 5.25. The third kappa shape index (κ3) is 5.07. The molecule has 0 spiro atoms. The number of carbonyl (C=O) groups excluding carboxylic acids is 2. The Morgan fingerprint density at radius 2 is 1.67 bits per heavy atom. The predicted octanol–water partition coefficient (Wildman–Crippen LogP) is 5.13. The van der Waals surface area contributed by atoms with E-state index < -0.39 is 23.7 Å². The minimum absolute atomic E-state index is 0.0559. The number of ether oxygens (including phenoxy) is 2. The smallest absolute Gasteiger partial charge is 0.417 e. The van der Waals surface area contributed by atoms with Gasteiger partial charge in [0.25, 0.3) is 5.91 Å². The number of aromatic nitrogens is 3. The van der Waals surface area contributed by atoms with Crippen molar-refractivity contribution in [3.63, 3.8) is 0 Å². The van der Waals surface area contributed by atoms with Gasteiger partial charge in [-0.2, -0.15) is 13.2 Å². The molecule has 3 heterocycles. The van der Waals surface area contributed by atoms with E-state index in [1.807, 2.05) is 18.2 Å². The van der Waals surface area contributed by atoms with E-state index in [9.17, 15) is 22.8 Å². The van der Waals surface area contributed by atoms with Gasteiger partial charge in [0.05, 0.1) is 34.5 Å². The molecule has 3 fully saturated rings. The highest BCUT2D eigenvalue weighted by molar-refractivity contribution is 6.12. The van der Waals surface area contributed by atoms with E-state index in [4.69, 9.17) is 9.47 Å². The lowest BCUT2D eigenvalue weighted by atomic mass is 9.92. The van der Waals surface area contributed by atoms with Crippen molar-refractivity contribution in [1.82, 2.24) is 19.9 Å². The van der Waals surface area contributed by atoms with Gasteiger partial charge in [0.15, 0.2) is 0 Å². The van der Waals surface area contributed by atoms with Crippen LogP contribution in [0, 0.1) is 0 Å². The van der Waals surface area contributed by atoms with Crippen LogP contribution in [-0.2, 0) is 11.0 Å². The first kappa shape index (κ1) is 25.3. The minimum Gasteiger partial charge on any atom is -0.490 e. The van der Waals surface area contributed by atoms with Gasteiger partial charge in [0.2, 0.25) is 5.88 Å². The summed E-state index contributed by atoms with van der Waals surface area (Å²) in [5.74, 6) is 0.797. The molecule has 3 aromatic rings. The molecule has 2 saturated carbocycles. The van der Waals surface area contributed by atoms with E-state index in [2.05, 4.69) is 15.0 Å². The first-order valence-electron chi connectivity index (χ1n) is 13.0. The number of anilines is 1. The van der Waals surface area contributed by atoms with E-state index in [0.717, 1.165) is 46.7 Å². The maximum Gasteiger partial charge on any atom is 0.417 e. The van der Waals surface area contributed by atoms with Gasteiger partial charge < -0.3 is 9.47 Å². The third-order valence-electron chi connectivity index (χ3n) is 7.58. The lowest BCUT2D eigenvalue weighted by Gasteiger charge is -2.33. The van der Waals surface area contributed by atoms with E-state index in [1.54, 1.807) is 0 Å². The van der Waals surface area contributed by atoms with Crippen molar-refractivity contribution in [3.8, 4) is 11.6 Å². The quantitative estimate of drug-likeness (QED) is 0.399. The maximum atomic E-state index is 13.1. The monoisotopic (exact) mass is 541 g/mol. The number of benzene rings is 1. The van der Waals surface area contributed by atoms with E-state index in [1.165, 1.54) is 17.6 Å². The van der Waals surface area contributed by atoms with Crippen LogP contribution in [0.3, 0.4) is 0 Å². The normalized spacial score (nSPS) is 22.3. The number of alkyl halides is 3. The SMILES string of the molecule is O=C1CN(c2cncc(C(F)(F)F)c2)C(=O)N1[C@H]1CC[C@H](Oc2ncnc3cc(OC4CCC4)ccc23)CC1. The number of imide groups is 1. The molecule has 9 nitrogen and oxygen atoms in total. The maximum absolute atomic E-state index is 13.1. The lowest BCUT2D eigenvalue weighted by molar-refractivity contribution is -0.137. The summed E-state index contributed by atoms with van der Waals surface area (Å²) in [5.41, 5.74) is -0.307. The molecule has 204 valence electrons. The minimum atomic E-state index is -4.60. The molecule has 3 amide bonds. The molecule has 39 heavy (non-hydrogen) atoms. The molecule has 0 bridgehead atoms. The van der Waals surface area contributed by atoms with Crippen molar-refractivity contribution in [2.24, 2.45) is 0 Å². The molecule has 6 rings (SSSR count). The largest absolute Gasteiger partial charge is 0.490 e. The van der Waals surface area contributed by atoms with Crippen LogP contribution < -0.4 is 14.4 Å². The molecule has 0 N–H and O–H groups in total. The van der Waals surface area contributed by atoms with Crippen LogP contribution in [0.1, 0.15) is 50.5 Å². The second kappa shape index (κ2) is 9.97. The van der Waals surface area contributed by atoms with E-state index >= 15 is 0 Å². The predicted molar refractivity (Wildman–Crippen MR) is 133 cm³/mol. The standard InChI is InChI=1S/C27H26F3N5O4/c28-27(29,30)16-10-18(13-31-12-16)34-14-24(36)35(26(34)37)17-4-6-20(7-5-17)39-25-22-9-8-21(38-19-2-1-3-19)11-23(22)32-15-33-25/h8-13,15,17,19-20H,1-7,14H2/t17-,20-. The highest BCUT2D eigenvalue weighted by Crippen LogP contribution is 2.35. The summed E-state index contributed by atoms with van der Waals surface area (Å²) in [6.07, 6.45) is 4.30. The summed E-state index contributed by atoms with van der Waals surface area (Å²) in [6.45, 7) is -0.322. The third-order valence-corrected chi connectivity index (χ3v) is 7.58. The zero-order valence-corrected chi connectivity index (χ0v) is 20.9. The first-order valence-corrected chi connectivity index (χ1v) is 13.0. The Kier molecular flexibility index (Phi) is 6.48. The number of pyridine rings is 1. The number of hydrogen-bond donors (Lipinski definition) is 0.